The zero-order chi connectivity index (χ0) is 18.0. The summed E-state index contributed by atoms with van der Waals surface area (Å²) < 4.78 is 20.9. The number of carbonyl (C=O) groups excluding carboxylic acids is 1. The standard InChI is InChI=1S/C18H18O7/c1-10-7-13(19)17(18(21)25-10)12(9-16(20)22-2)11-3-4-14-15(8-11)24-6-5-23-14/h3-4,7-8,12,19H,5-6,9H2,1-2H3/t12-/m1/s1. The second-order valence-corrected chi connectivity index (χ2v) is 5.68. The summed E-state index contributed by atoms with van der Waals surface area (Å²) in [6.07, 6.45) is -0.127. The van der Waals surface area contributed by atoms with Crippen molar-refractivity contribution in [3.8, 4) is 17.2 Å². The van der Waals surface area contributed by atoms with Gasteiger partial charge in [0.1, 0.15) is 24.7 Å². The van der Waals surface area contributed by atoms with Crippen LogP contribution in [-0.2, 0) is 9.53 Å². The largest absolute Gasteiger partial charge is 0.507 e. The second-order valence-electron chi connectivity index (χ2n) is 5.68. The van der Waals surface area contributed by atoms with Crippen molar-refractivity contribution < 1.29 is 28.5 Å². The van der Waals surface area contributed by atoms with Crippen molar-refractivity contribution in [2.45, 2.75) is 19.3 Å². The van der Waals surface area contributed by atoms with Crippen molar-refractivity contribution >= 4 is 5.97 Å². The highest BCUT2D eigenvalue weighted by molar-refractivity contribution is 5.71. The van der Waals surface area contributed by atoms with Crippen LogP contribution >= 0.6 is 0 Å². The zero-order valence-electron chi connectivity index (χ0n) is 13.9. The lowest BCUT2D eigenvalue weighted by molar-refractivity contribution is -0.140. The van der Waals surface area contributed by atoms with Gasteiger partial charge in [0.2, 0.25) is 0 Å². The summed E-state index contributed by atoms with van der Waals surface area (Å²) in [5, 5.41) is 10.3. The molecule has 0 aliphatic carbocycles. The summed E-state index contributed by atoms with van der Waals surface area (Å²) in [5.41, 5.74) is -0.0740. The summed E-state index contributed by atoms with van der Waals surface area (Å²) >= 11 is 0. The van der Waals surface area contributed by atoms with Gasteiger partial charge in [0, 0.05) is 12.0 Å². The Morgan fingerprint density at radius 3 is 2.64 bits per heavy atom. The summed E-state index contributed by atoms with van der Waals surface area (Å²) in [6.45, 7) is 2.43. The fraction of sp³-hybridized carbons (Fsp3) is 0.333. The van der Waals surface area contributed by atoms with Gasteiger partial charge in [0.15, 0.2) is 11.5 Å². The number of hydrogen-bond acceptors (Lipinski definition) is 7. The van der Waals surface area contributed by atoms with Crippen molar-refractivity contribution in [1.82, 2.24) is 0 Å². The maximum absolute atomic E-state index is 12.3. The number of hydrogen-bond donors (Lipinski definition) is 1. The van der Waals surface area contributed by atoms with Crippen LogP contribution in [0.2, 0.25) is 0 Å². The Balaban J connectivity index is 2.10. The highest BCUT2D eigenvalue weighted by atomic mass is 16.6. The smallest absolute Gasteiger partial charge is 0.343 e. The molecule has 3 rings (SSSR count). The van der Waals surface area contributed by atoms with Crippen LogP contribution in [0.3, 0.4) is 0 Å². The predicted octanol–water partition coefficient (Wildman–Crippen LogP) is 2.12. The number of benzene rings is 1. The molecule has 0 saturated heterocycles. The monoisotopic (exact) mass is 346 g/mol. The Morgan fingerprint density at radius 2 is 1.96 bits per heavy atom. The molecule has 1 aromatic heterocycles. The van der Waals surface area contributed by atoms with Crippen molar-refractivity contribution in [2.75, 3.05) is 20.3 Å². The van der Waals surface area contributed by atoms with Crippen LogP contribution < -0.4 is 15.1 Å². The Kier molecular flexibility index (Phi) is 4.65. The third-order valence-electron chi connectivity index (χ3n) is 4.01. The molecule has 0 fully saturated rings. The van der Waals surface area contributed by atoms with E-state index in [0.29, 0.717) is 30.3 Å². The van der Waals surface area contributed by atoms with Crippen molar-refractivity contribution in [3.63, 3.8) is 0 Å². The fourth-order valence-electron chi connectivity index (χ4n) is 2.84. The Labute approximate surface area is 143 Å². The van der Waals surface area contributed by atoms with Crippen LogP contribution in [0.5, 0.6) is 17.2 Å². The van der Waals surface area contributed by atoms with E-state index >= 15 is 0 Å². The lowest BCUT2D eigenvalue weighted by Gasteiger charge is -2.22. The number of ether oxygens (including phenoxy) is 3. The van der Waals surface area contributed by atoms with E-state index in [-0.39, 0.29) is 23.5 Å². The van der Waals surface area contributed by atoms with Gasteiger partial charge in [-0.1, -0.05) is 6.07 Å². The number of esters is 1. The molecule has 1 aliphatic rings. The van der Waals surface area contributed by atoms with Crippen LogP contribution in [0.15, 0.2) is 33.5 Å². The van der Waals surface area contributed by atoms with Crippen LogP contribution in [0.4, 0.5) is 0 Å². The fourth-order valence-corrected chi connectivity index (χ4v) is 2.84. The third-order valence-corrected chi connectivity index (χ3v) is 4.01. The van der Waals surface area contributed by atoms with E-state index in [0.717, 1.165) is 0 Å². The van der Waals surface area contributed by atoms with Gasteiger partial charge in [0.25, 0.3) is 0 Å². The molecule has 0 bridgehead atoms. The molecule has 132 valence electrons. The van der Waals surface area contributed by atoms with Crippen molar-refractivity contribution in [3.05, 3.63) is 51.6 Å². The maximum atomic E-state index is 12.3. The van der Waals surface area contributed by atoms with E-state index in [1.807, 2.05) is 0 Å². The number of fused-ring (bicyclic) bond motifs is 1. The summed E-state index contributed by atoms with van der Waals surface area (Å²) in [5.74, 6) is -0.0799. The van der Waals surface area contributed by atoms with E-state index in [1.165, 1.54) is 13.2 Å². The van der Waals surface area contributed by atoms with Gasteiger partial charge in [-0.25, -0.2) is 4.79 Å². The minimum absolute atomic E-state index is 0.00711. The minimum Gasteiger partial charge on any atom is -0.507 e. The number of rotatable bonds is 4. The zero-order valence-corrected chi connectivity index (χ0v) is 13.9. The van der Waals surface area contributed by atoms with E-state index in [1.54, 1.807) is 25.1 Å². The molecule has 0 spiro atoms. The number of carbonyl (C=O) groups is 1. The Morgan fingerprint density at radius 1 is 1.24 bits per heavy atom. The molecule has 2 heterocycles. The molecule has 1 N–H and O–H groups in total. The van der Waals surface area contributed by atoms with Gasteiger partial charge in [-0.15, -0.1) is 0 Å². The lowest BCUT2D eigenvalue weighted by Crippen LogP contribution is -2.19. The van der Waals surface area contributed by atoms with E-state index in [4.69, 9.17) is 18.6 Å². The Hall–Kier alpha value is -2.96. The Bertz CT molecular complexity index is 853. The summed E-state index contributed by atoms with van der Waals surface area (Å²) in [6, 6.07) is 6.47. The molecule has 25 heavy (non-hydrogen) atoms. The van der Waals surface area contributed by atoms with Gasteiger partial charge in [-0.2, -0.15) is 0 Å². The molecule has 7 heteroatoms. The quantitative estimate of drug-likeness (QED) is 0.847. The molecule has 0 amide bonds. The molecule has 2 aromatic rings. The molecule has 0 radical (unpaired) electrons. The first kappa shape index (κ1) is 16.9. The average Bonchev–Trinajstić information content (AvgIpc) is 2.59. The van der Waals surface area contributed by atoms with E-state index in [2.05, 4.69) is 0 Å². The first-order valence-corrected chi connectivity index (χ1v) is 7.79. The topological polar surface area (TPSA) is 95.2 Å². The van der Waals surface area contributed by atoms with Gasteiger partial charge in [-0.05, 0) is 24.6 Å². The summed E-state index contributed by atoms with van der Waals surface area (Å²) in [7, 11) is 1.26. The normalized spacial score (nSPS) is 14.0. The number of aromatic hydroxyl groups is 1. The van der Waals surface area contributed by atoms with Crippen molar-refractivity contribution in [1.29, 1.82) is 0 Å². The van der Waals surface area contributed by atoms with Crippen LogP contribution in [0, 0.1) is 6.92 Å². The molecule has 0 saturated carbocycles. The van der Waals surface area contributed by atoms with Crippen LogP contribution in [0.1, 0.15) is 29.2 Å². The minimum atomic E-state index is -0.736. The predicted molar refractivity (Wildman–Crippen MR) is 87.3 cm³/mol. The average molecular weight is 346 g/mol. The van der Waals surface area contributed by atoms with Crippen LogP contribution in [0.25, 0.3) is 0 Å². The number of methoxy groups -OCH3 is 1. The highest BCUT2D eigenvalue weighted by Gasteiger charge is 2.27. The van der Waals surface area contributed by atoms with Gasteiger partial charge >= 0.3 is 11.6 Å². The maximum Gasteiger partial charge on any atom is 0.343 e. The molecule has 0 unspecified atom stereocenters. The van der Waals surface area contributed by atoms with Crippen molar-refractivity contribution in [2.24, 2.45) is 0 Å². The lowest BCUT2D eigenvalue weighted by atomic mass is 9.88. The molecule has 1 atom stereocenters. The van der Waals surface area contributed by atoms with E-state index in [9.17, 15) is 14.7 Å². The first-order chi connectivity index (χ1) is 12.0. The molecule has 1 aliphatic heterocycles. The summed E-state index contributed by atoms with van der Waals surface area (Å²) in [4.78, 5) is 24.2. The molecule has 1 aromatic carbocycles. The molecule has 7 nitrogen and oxygen atoms in total. The molecular weight excluding hydrogens is 328 g/mol. The van der Waals surface area contributed by atoms with E-state index < -0.39 is 17.5 Å². The van der Waals surface area contributed by atoms with Crippen LogP contribution in [-0.4, -0.2) is 31.4 Å². The first-order valence-electron chi connectivity index (χ1n) is 7.79. The van der Waals surface area contributed by atoms with Gasteiger partial charge < -0.3 is 23.7 Å². The van der Waals surface area contributed by atoms with Gasteiger partial charge in [0.05, 0.1) is 19.1 Å². The SMILES string of the molecule is COC(=O)C[C@H](c1ccc2c(c1)OCCO2)c1c(O)cc(C)oc1=O. The second kappa shape index (κ2) is 6.88. The highest BCUT2D eigenvalue weighted by Crippen LogP contribution is 2.38. The molecular formula is C18H18O7. The number of aryl methyl sites for hydroxylation is 1. The third kappa shape index (κ3) is 3.45. The van der Waals surface area contributed by atoms with Gasteiger partial charge in [-0.3, -0.25) is 4.79 Å².